The second-order valence-electron chi connectivity index (χ2n) is 5.40. The van der Waals surface area contributed by atoms with Crippen molar-refractivity contribution in [1.82, 2.24) is 5.32 Å². The standard InChI is InChI=1S/C16H25NO3/c1-4-16(3,19)12-17-15(18)9-6-10-20-14-8-5-7-13(2)11-14/h5,7-8,11,19H,4,6,9-10,12H2,1-3H3,(H,17,18). The molecular weight excluding hydrogens is 254 g/mol. The molecule has 20 heavy (non-hydrogen) atoms. The zero-order valence-corrected chi connectivity index (χ0v) is 12.6. The molecule has 0 saturated carbocycles. The Labute approximate surface area is 121 Å². The molecule has 0 spiro atoms. The van der Waals surface area contributed by atoms with Crippen molar-refractivity contribution in [1.29, 1.82) is 0 Å². The molecule has 1 amide bonds. The van der Waals surface area contributed by atoms with Crippen LogP contribution in [0.5, 0.6) is 5.75 Å². The molecule has 1 rings (SSSR count). The molecular formula is C16H25NO3. The molecule has 0 aliphatic heterocycles. The third-order valence-corrected chi connectivity index (χ3v) is 3.23. The summed E-state index contributed by atoms with van der Waals surface area (Å²) in [6.45, 7) is 6.43. The number of carbonyl (C=O) groups is 1. The lowest BCUT2D eigenvalue weighted by Crippen LogP contribution is -2.40. The molecule has 4 nitrogen and oxygen atoms in total. The number of hydrogen-bond donors (Lipinski definition) is 2. The van der Waals surface area contributed by atoms with Crippen molar-refractivity contribution < 1.29 is 14.6 Å². The molecule has 1 unspecified atom stereocenters. The predicted molar refractivity (Wildman–Crippen MR) is 79.8 cm³/mol. The number of aryl methyl sites for hydroxylation is 1. The summed E-state index contributed by atoms with van der Waals surface area (Å²) in [5.74, 6) is 0.783. The van der Waals surface area contributed by atoms with Crippen molar-refractivity contribution in [2.24, 2.45) is 0 Å². The summed E-state index contributed by atoms with van der Waals surface area (Å²) in [6, 6.07) is 7.84. The van der Waals surface area contributed by atoms with Crippen LogP contribution in [0.15, 0.2) is 24.3 Å². The second kappa shape index (κ2) is 7.90. The average molecular weight is 279 g/mol. The average Bonchev–Trinajstić information content (AvgIpc) is 2.42. The quantitative estimate of drug-likeness (QED) is 0.719. The number of benzene rings is 1. The highest BCUT2D eigenvalue weighted by Crippen LogP contribution is 2.12. The van der Waals surface area contributed by atoms with E-state index >= 15 is 0 Å². The minimum absolute atomic E-state index is 0.0495. The van der Waals surface area contributed by atoms with Gasteiger partial charge in [0.25, 0.3) is 0 Å². The van der Waals surface area contributed by atoms with Gasteiger partial charge in [0.05, 0.1) is 12.2 Å². The van der Waals surface area contributed by atoms with Gasteiger partial charge in [0.1, 0.15) is 5.75 Å². The van der Waals surface area contributed by atoms with Gasteiger partial charge < -0.3 is 15.2 Å². The molecule has 0 saturated heterocycles. The van der Waals surface area contributed by atoms with Crippen molar-refractivity contribution in [3.63, 3.8) is 0 Å². The summed E-state index contributed by atoms with van der Waals surface area (Å²) in [5, 5.41) is 12.5. The van der Waals surface area contributed by atoms with E-state index in [2.05, 4.69) is 5.32 Å². The number of aliphatic hydroxyl groups is 1. The molecule has 0 aromatic heterocycles. The van der Waals surface area contributed by atoms with Crippen molar-refractivity contribution >= 4 is 5.91 Å². The van der Waals surface area contributed by atoms with Crippen molar-refractivity contribution in [3.05, 3.63) is 29.8 Å². The first-order chi connectivity index (χ1) is 9.43. The van der Waals surface area contributed by atoms with E-state index in [1.165, 1.54) is 0 Å². The highest BCUT2D eigenvalue weighted by Gasteiger charge is 2.17. The Morgan fingerprint density at radius 2 is 2.20 bits per heavy atom. The predicted octanol–water partition coefficient (Wildman–Crippen LogP) is 2.43. The Hall–Kier alpha value is -1.55. The Balaban J connectivity index is 2.16. The number of nitrogens with one attached hydrogen (secondary N) is 1. The topological polar surface area (TPSA) is 58.6 Å². The van der Waals surface area contributed by atoms with Gasteiger partial charge in [-0.1, -0.05) is 19.1 Å². The summed E-state index contributed by atoms with van der Waals surface area (Å²) < 4.78 is 5.57. The first-order valence-electron chi connectivity index (χ1n) is 7.11. The third-order valence-electron chi connectivity index (χ3n) is 3.23. The van der Waals surface area contributed by atoms with Crippen LogP contribution in [0, 0.1) is 6.92 Å². The molecule has 1 aromatic rings. The van der Waals surface area contributed by atoms with E-state index in [0.29, 0.717) is 32.4 Å². The van der Waals surface area contributed by atoms with Gasteiger partial charge in [-0.3, -0.25) is 4.79 Å². The highest BCUT2D eigenvalue weighted by molar-refractivity contribution is 5.75. The molecule has 0 aliphatic rings. The largest absolute Gasteiger partial charge is 0.494 e. The van der Waals surface area contributed by atoms with Crippen LogP contribution in [0.1, 0.15) is 38.7 Å². The zero-order chi connectivity index (χ0) is 15.0. The fraction of sp³-hybridized carbons (Fsp3) is 0.562. The highest BCUT2D eigenvalue weighted by atomic mass is 16.5. The van der Waals surface area contributed by atoms with Crippen LogP contribution in [0.4, 0.5) is 0 Å². The molecule has 2 N–H and O–H groups in total. The number of carbonyl (C=O) groups excluding carboxylic acids is 1. The van der Waals surface area contributed by atoms with E-state index in [-0.39, 0.29) is 5.91 Å². The summed E-state index contributed by atoms with van der Waals surface area (Å²) in [5.41, 5.74) is 0.329. The summed E-state index contributed by atoms with van der Waals surface area (Å²) >= 11 is 0. The van der Waals surface area contributed by atoms with Crippen LogP contribution < -0.4 is 10.1 Å². The zero-order valence-electron chi connectivity index (χ0n) is 12.6. The maximum absolute atomic E-state index is 11.6. The Kier molecular flexibility index (Phi) is 6.52. The van der Waals surface area contributed by atoms with Gasteiger partial charge in [0, 0.05) is 13.0 Å². The van der Waals surface area contributed by atoms with E-state index in [0.717, 1.165) is 11.3 Å². The van der Waals surface area contributed by atoms with Crippen molar-refractivity contribution in [3.8, 4) is 5.75 Å². The van der Waals surface area contributed by atoms with Gasteiger partial charge in [0.15, 0.2) is 0 Å². The van der Waals surface area contributed by atoms with E-state index in [9.17, 15) is 9.90 Å². The Morgan fingerprint density at radius 3 is 2.85 bits per heavy atom. The molecule has 0 fully saturated rings. The minimum atomic E-state index is -0.826. The monoisotopic (exact) mass is 279 g/mol. The second-order valence-corrected chi connectivity index (χ2v) is 5.40. The maximum atomic E-state index is 11.6. The van der Waals surface area contributed by atoms with Gasteiger partial charge in [0.2, 0.25) is 5.91 Å². The molecule has 0 radical (unpaired) electrons. The van der Waals surface area contributed by atoms with E-state index in [4.69, 9.17) is 4.74 Å². The molecule has 0 aliphatic carbocycles. The van der Waals surface area contributed by atoms with Crippen molar-refractivity contribution in [2.75, 3.05) is 13.2 Å². The molecule has 1 aromatic carbocycles. The number of rotatable bonds is 8. The van der Waals surface area contributed by atoms with E-state index in [1.807, 2.05) is 38.1 Å². The smallest absolute Gasteiger partial charge is 0.220 e. The summed E-state index contributed by atoms with van der Waals surface area (Å²) in [7, 11) is 0. The van der Waals surface area contributed by atoms with Gasteiger partial charge in [-0.2, -0.15) is 0 Å². The van der Waals surface area contributed by atoms with Crippen LogP contribution in [-0.4, -0.2) is 29.8 Å². The molecule has 4 heteroatoms. The van der Waals surface area contributed by atoms with Gasteiger partial charge >= 0.3 is 0 Å². The fourth-order valence-corrected chi connectivity index (χ4v) is 1.63. The van der Waals surface area contributed by atoms with Crippen LogP contribution in [0.3, 0.4) is 0 Å². The maximum Gasteiger partial charge on any atom is 0.220 e. The lowest BCUT2D eigenvalue weighted by atomic mass is 10.0. The van der Waals surface area contributed by atoms with E-state index < -0.39 is 5.60 Å². The van der Waals surface area contributed by atoms with Crippen LogP contribution in [-0.2, 0) is 4.79 Å². The molecule has 0 bridgehead atoms. The summed E-state index contributed by atoms with van der Waals surface area (Å²) in [4.78, 5) is 11.6. The first kappa shape index (κ1) is 16.5. The lowest BCUT2D eigenvalue weighted by molar-refractivity contribution is -0.122. The normalized spacial score (nSPS) is 13.6. The number of hydrogen-bond acceptors (Lipinski definition) is 3. The number of amides is 1. The minimum Gasteiger partial charge on any atom is -0.494 e. The molecule has 112 valence electrons. The fourth-order valence-electron chi connectivity index (χ4n) is 1.63. The van der Waals surface area contributed by atoms with Crippen LogP contribution >= 0.6 is 0 Å². The molecule has 1 atom stereocenters. The first-order valence-corrected chi connectivity index (χ1v) is 7.11. The van der Waals surface area contributed by atoms with Gasteiger partial charge in [-0.15, -0.1) is 0 Å². The van der Waals surface area contributed by atoms with Gasteiger partial charge in [-0.25, -0.2) is 0 Å². The SMILES string of the molecule is CCC(C)(O)CNC(=O)CCCOc1cccc(C)c1. The third kappa shape index (κ3) is 6.57. The van der Waals surface area contributed by atoms with Crippen LogP contribution in [0.2, 0.25) is 0 Å². The Morgan fingerprint density at radius 1 is 1.45 bits per heavy atom. The molecule has 0 heterocycles. The Bertz CT molecular complexity index is 429. The lowest BCUT2D eigenvalue weighted by Gasteiger charge is -2.21. The van der Waals surface area contributed by atoms with Gasteiger partial charge in [-0.05, 0) is 44.4 Å². The van der Waals surface area contributed by atoms with Crippen LogP contribution in [0.25, 0.3) is 0 Å². The summed E-state index contributed by atoms with van der Waals surface area (Å²) in [6.07, 6.45) is 1.68. The van der Waals surface area contributed by atoms with E-state index in [1.54, 1.807) is 6.92 Å². The number of ether oxygens (including phenoxy) is 1. The van der Waals surface area contributed by atoms with Crippen molar-refractivity contribution in [2.45, 2.75) is 45.6 Å².